The summed E-state index contributed by atoms with van der Waals surface area (Å²) in [5.41, 5.74) is 0. The summed E-state index contributed by atoms with van der Waals surface area (Å²) in [6.07, 6.45) is 2.50. The van der Waals surface area contributed by atoms with Gasteiger partial charge in [-0.2, -0.15) is 0 Å². The predicted octanol–water partition coefficient (Wildman–Crippen LogP) is -0.0825. The zero-order valence-electron chi connectivity index (χ0n) is 11.5. The summed E-state index contributed by atoms with van der Waals surface area (Å²) in [5.74, 6) is 0.233. The number of nitrogens with zero attached hydrogens (tertiary/aromatic N) is 2. The average Bonchev–Trinajstić information content (AvgIpc) is 2.89. The van der Waals surface area contributed by atoms with E-state index in [1.807, 2.05) is 11.8 Å². The molecule has 5 heteroatoms. The Morgan fingerprint density at radius 2 is 2.11 bits per heavy atom. The molecular formula is C13H25N3O2. The molecule has 2 aliphatic rings. The number of carbonyl (C=O) groups excluding carboxylic acids is 1. The molecule has 0 radical (unpaired) electrons. The second kappa shape index (κ2) is 6.50. The molecular weight excluding hydrogens is 230 g/mol. The van der Waals surface area contributed by atoms with Crippen molar-refractivity contribution in [2.45, 2.75) is 31.9 Å². The number of amides is 1. The van der Waals surface area contributed by atoms with Gasteiger partial charge < -0.3 is 19.9 Å². The van der Waals surface area contributed by atoms with E-state index in [0.29, 0.717) is 0 Å². The maximum atomic E-state index is 12.1. The Morgan fingerprint density at radius 3 is 2.78 bits per heavy atom. The fourth-order valence-electron chi connectivity index (χ4n) is 2.60. The molecule has 0 saturated carbocycles. The molecule has 2 aliphatic heterocycles. The van der Waals surface area contributed by atoms with E-state index in [2.05, 4.69) is 17.3 Å². The van der Waals surface area contributed by atoms with Crippen molar-refractivity contribution in [3.8, 4) is 0 Å². The lowest BCUT2D eigenvalue weighted by Crippen LogP contribution is -2.50. The van der Waals surface area contributed by atoms with Crippen LogP contribution in [0.1, 0.15) is 19.8 Å². The van der Waals surface area contributed by atoms with E-state index in [0.717, 1.165) is 52.2 Å². The first-order chi connectivity index (χ1) is 8.66. The lowest BCUT2D eigenvalue weighted by atomic mass is 10.2. The number of carbonyl (C=O) groups is 1. The van der Waals surface area contributed by atoms with Crippen molar-refractivity contribution in [2.75, 3.05) is 46.4 Å². The van der Waals surface area contributed by atoms with E-state index < -0.39 is 0 Å². The average molecular weight is 255 g/mol. The summed E-state index contributed by atoms with van der Waals surface area (Å²) in [5, 5.41) is 3.31. The number of ether oxygens (including phenoxy) is 1. The monoisotopic (exact) mass is 255 g/mol. The van der Waals surface area contributed by atoms with E-state index in [4.69, 9.17) is 4.74 Å². The van der Waals surface area contributed by atoms with Crippen LogP contribution < -0.4 is 5.32 Å². The lowest BCUT2D eigenvalue weighted by Gasteiger charge is -2.31. The highest BCUT2D eigenvalue weighted by molar-refractivity contribution is 5.81. The molecule has 18 heavy (non-hydrogen) atoms. The van der Waals surface area contributed by atoms with E-state index in [1.54, 1.807) is 0 Å². The minimum Gasteiger partial charge on any atom is -0.374 e. The Labute approximate surface area is 109 Å². The lowest BCUT2D eigenvalue weighted by molar-refractivity contribution is -0.132. The molecule has 2 saturated heterocycles. The SMILES string of the molecule is C[C@H](NC[C@H]1CN(C)CCO1)C(=O)N1CCCC1. The fraction of sp³-hybridized carbons (Fsp3) is 0.923. The highest BCUT2D eigenvalue weighted by atomic mass is 16.5. The molecule has 0 aliphatic carbocycles. The van der Waals surface area contributed by atoms with Crippen molar-refractivity contribution >= 4 is 5.91 Å². The third-order valence-corrected chi connectivity index (χ3v) is 3.78. The topological polar surface area (TPSA) is 44.8 Å². The maximum Gasteiger partial charge on any atom is 0.239 e. The van der Waals surface area contributed by atoms with Gasteiger partial charge in [0.05, 0.1) is 18.8 Å². The molecule has 104 valence electrons. The minimum atomic E-state index is -0.0982. The summed E-state index contributed by atoms with van der Waals surface area (Å²) < 4.78 is 5.67. The van der Waals surface area contributed by atoms with Gasteiger partial charge in [0, 0.05) is 32.7 Å². The van der Waals surface area contributed by atoms with Crippen LogP contribution in [0.5, 0.6) is 0 Å². The number of hydrogen-bond donors (Lipinski definition) is 1. The van der Waals surface area contributed by atoms with Crippen LogP contribution >= 0.6 is 0 Å². The second-order valence-corrected chi connectivity index (χ2v) is 5.42. The van der Waals surface area contributed by atoms with Gasteiger partial charge in [-0.3, -0.25) is 4.79 Å². The van der Waals surface area contributed by atoms with Gasteiger partial charge in [0.2, 0.25) is 5.91 Å². The van der Waals surface area contributed by atoms with Crippen molar-refractivity contribution in [1.82, 2.24) is 15.1 Å². The van der Waals surface area contributed by atoms with Crippen LogP contribution in [0.3, 0.4) is 0 Å². The third kappa shape index (κ3) is 3.67. The number of rotatable bonds is 4. The number of likely N-dealkylation sites (tertiary alicyclic amines) is 1. The van der Waals surface area contributed by atoms with Crippen molar-refractivity contribution in [3.63, 3.8) is 0 Å². The van der Waals surface area contributed by atoms with Gasteiger partial charge in [0.15, 0.2) is 0 Å². The summed E-state index contributed by atoms with van der Waals surface area (Å²) >= 11 is 0. The molecule has 1 amide bonds. The number of hydrogen-bond acceptors (Lipinski definition) is 4. The first kappa shape index (κ1) is 13.8. The molecule has 2 atom stereocenters. The van der Waals surface area contributed by atoms with Crippen molar-refractivity contribution in [1.29, 1.82) is 0 Å². The van der Waals surface area contributed by atoms with E-state index in [9.17, 15) is 4.79 Å². The van der Waals surface area contributed by atoms with Crippen LogP contribution in [0.4, 0.5) is 0 Å². The van der Waals surface area contributed by atoms with Crippen molar-refractivity contribution in [2.24, 2.45) is 0 Å². The quantitative estimate of drug-likeness (QED) is 0.763. The molecule has 1 N–H and O–H groups in total. The molecule has 2 rings (SSSR count). The number of likely N-dealkylation sites (N-methyl/N-ethyl adjacent to an activating group) is 1. The predicted molar refractivity (Wildman–Crippen MR) is 70.5 cm³/mol. The van der Waals surface area contributed by atoms with E-state index in [1.165, 1.54) is 0 Å². The molecule has 0 aromatic rings. The Balaban J connectivity index is 1.70. The molecule has 5 nitrogen and oxygen atoms in total. The minimum absolute atomic E-state index is 0.0982. The smallest absolute Gasteiger partial charge is 0.239 e. The van der Waals surface area contributed by atoms with Crippen molar-refractivity contribution in [3.05, 3.63) is 0 Å². The van der Waals surface area contributed by atoms with Crippen LogP contribution in [0.25, 0.3) is 0 Å². The summed E-state index contributed by atoms with van der Waals surface area (Å²) in [4.78, 5) is 16.3. The van der Waals surface area contributed by atoms with E-state index >= 15 is 0 Å². The molecule has 0 unspecified atom stereocenters. The fourth-order valence-corrected chi connectivity index (χ4v) is 2.60. The van der Waals surface area contributed by atoms with E-state index in [-0.39, 0.29) is 18.1 Å². The van der Waals surface area contributed by atoms with Gasteiger partial charge >= 0.3 is 0 Å². The largest absolute Gasteiger partial charge is 0.374 e. The van der Waals surface area contributed by atoms with Gasteiger partial charge in [-0.05, 0) is 26.8 Å². The van der Waals surface area contributed by atoms with Gasteiger partial charge in [-0.1, -0.05) is 0 Å². The molecule has 0 bridgehead atoms. The second-order valence-electron chi connectivity index (χ2n) is 5.42. The highest BCUT2D eigenvalue weighted by Gasteiger charge is 2.24. The normalized spacial score (nSPS) is 27.4. The number of morpholine rings is 1. The first-order valence-corrected chi connectivity index (χ1v) is 6.99. The van der Waals surface area contributed by atoms with Crippen LogP contribution in [-0.4, -0.2) is 74.2 Å². The van der Waals surface area contributed by atoms with Gasteiger partial charge in [0.25, 0.3) is 0 Å². The first-order valence-electron chi connectivity index (χ1n) is 6.99. The van der Waals surface area contributed by atoms with Crippen LogP contribution in [0.2, 0.25) is 0 Å². The number of nitrogens with one attached hydrogen (secondary N) is 1. The summed E-state index contributed by atoms with van der Waals surface area (Å²) in [6, 6.07) is -0.0982. The standard InChI is InChI=1S/C13H25N3O2/c1-11(13(17)16-5-3-4-6-16)14-9-12-10-15(2)7-8-18-12/h11-12,14H,3-10H2,1-2H3/t11-,12-/m0/s1. The summed E-state index contributed by atoms with van der Waals surface area (Å²) in [6.45, 7) is 7.28. The molecule has 2 fully saturated rings. The molecule has 2 heterocycles. The zero-order valence-corrected chi connectivity index (χ0v) is 11.5. The maximum absolute atomic E-state index is 12.1. The van der Waals surface area contributed by atoms with Crippen LogP contribution in [-0.2, 0) is 9.53 Å². The Hall–Kier alpha value is -0.650. The van der Waals surface area contributed by atoms with Crippen LogP contribution in [0, 0.1) is 0 Å². The summed E-state index contributed by atoms with van der Waals surface area (Å²) in [7, 11) is 2.11. The Morgan fingerprint density at radius 1 is 1.39 bits per heavy atom. The van der Waals surface area contributed by atoms with Gasteiger partial charge in [-0.15, -0.1) is 0 Å². The molecule has 0 aromatic carbocycles. The van der Waals surface area contributed by atoms with Gasteiger partial charge in [0.1, 0.15) is 0 Å². The third-order valence-electron chi connectivity index (χ3n) is 3.78. The van der Waals surface area contributed by atoms with Crippen LogP contribution in [0.15, 0.2) is 0 Å². The Bertz CT molecular complexity index is 279. The molecule has 0 aromatic heterocycles. The Kier molecular flexibility index (Phi) is 4.97. The van der Waals surface area contributed by atoms with Gasteiger partial charge in [-0.25, -0.2) is 0 Å². The zero-order chi connectivity index (χ0) is 13.0. The van der Waals surface area contributed by atoms with Crippen molar-refractivity contribution < 1.29 is 9.53 Å². The highest BCUT2D eigenvalue weighted by Crippen LogP contribution is 2.09. The molecule has 0 spiro atoms.